The summed E-state index contributed by atoms with van der Waals surface area (Å²) in [6.07, 6.45) is -1.71. The van der Waals surface area contributed by atoms with E-state index in [0.29, 0.717) is 5.82 Å². The van der Waals surface area contributed by atoms with Crippen molar-refractivity contribution < 1.29 is 13.2 Å². The first-order chi connectivity index (χ1) is 10.0. The molecule has 3 nitrogen and oxygen atoms in total. The number of rotatable bonds is 2. The van der Waals surface area contributed by atoms with Crippen molar-refractivity contribution in [3.05, 3.63) is 53.2 Å². The maximum absolute atomic E-state index is 12.4. The Balaban J connectivity index is 1.68. The predicted octanol–water partition coefficient (Wildman–Crippen LogP) is 3.46. The summed E-state index contributed by atoms with van der Waals surface area (Å²) in [5.74, 6) is 0.382. The van der Waals surface area contributed by atoms with E-state index in [0.717, 1.165) is 25.3 Å². The molecule has 0 amide bonds. The van der Waals surface area contributed by atoms with Crippen LogP contribution in [-0.2, 0) is 19.0 Å². The largest absolute Gasteiger partial charge is 0.435 e. The third-order valence-corrected chi connectivity index (χ3v) is 3.65. The van der Waals surface area contributed by atoms with Crippen LogP contribution >= 0.6 is 0 Å². The van der Waals surface area contributed by atoms with Crippen LogP contribution in [0, 0.1) is 0 Å². The zero-order chi connectivity index (χ0) is 14.9. The Morgan fingerprint density at radius 1 is 1.00 bits per heavy atom. The van der Waals surface area contributed by atoms with Gasteiger partial charge in [0, 0.05) is 6.04 Å². The number of aryl methyl sites for hydroxylation is 1. The van der Waals surface area contributed by atoms with Gasteiger partial charge in [-0.1, -0.05) is 24.3 Å². The van der Waals surface area contributed by atoms with Crippen LogP contribution < -0.4 is 5.32 Å². The molecule has 3 rings (SSSR count). The van der Waals surface area contributed by atoms with Crippen molar-refractivity contribution >= 4 is 5.82 Å². The smallest absolute Gasteiger partial charge is 0.366 e. The van der Waals surface area contributed by atoms with Crippen LogP contribution in [-0.4, -0.2) is 16.2 Å². The van der Waals surface area contributed by atoms with Gasteiger partial charge in [0.1, 0.15) is 5.82 Å². The lowest BCUT2D eigenvalue weighted by Gasteiger charge is -2.25. The number of nitrogens with zero attached hydrogens (tertiary/aromatic N) is 2. The zero-order valence-corrected chi connectivity index (χ0v) is 11.2. The van der Waals surface area contributed by atoms with Gasteiger partial charge in [0.05, 0.1) is 0 Å². The lowest BCUT2D eigenvalue weighted by Crippen LogP contribution is -2.28. The van der Waals surface area contributed by atoms with Crippen LogP contribution in [0.25, 0.3) is 0 Å². The summed E-state index contributed by atoms with van der Waals surface area (Å²) in [4.78, 5) is 0. The van der Waals surface area contributed by atoms with E-state index in [9.17, 15) is 13.2 Å². The van der Waals surface area contributed by atoms with Crippen LogP contribution in [0.1, 0.15) is 23.2 Å². The first kappa shape index (κ1) is 13.9. The Labute approximate surface area is 120 Å². The van der Waals surface area contributed by atoms with Crippen molar-refractivity contribution in [3.63, 3.8) is 0 Å². The van der Waals surface area contributed by atoms with E-state index in [1.54, 1.807) is 0 Å². The van der Waals surface area contributed by atoms with Gasteiger partial charge in [-0.15, -0.1) is 10.2 Å². The van der Waals surface area contributed by atoms with Crippen LogP contribution in [0.3, 0.4) is 0 Å². The molecule has 0 bridgehead atoms. The second-order valence-electron chi connectivity index (χ2n) is 5.15. The normalized spacial score (nSPS) is 18.1. The third-order valence-electron chi connectivity index (χ3n) is 3.65. The second kappa shape index (κ2) is 5.35. The first-order valence-corrected chi connectivity index (χ1v) is 6.76. The highest BCUT2D eigenvalue weighted by molar-refractivity contribution is 5.38. The summed E-state index contributed by atoms with van der Waals surface area (Å²) in [5.41, 5.74) is 1.65. The average molecular weight is 293 g/mol. The Hall–Kier alpha value is -2.11. The molecule has 0 saturated heterocycles. The molecule has 1 aromatic carbocycles. The molecule has 6 heteroatoms. The number of anilines is 1. The predicted molar refractivity (Wildman–Crippen MR) is 72.9 cm³/mol. The van der Waals surface area contributed by atoms with Crippen molar-refractivity contribution in [2.75, 3.05) is 5.32 Å². The fourth-order valence-electron chi connectivity index (χ4n) is 2.59. The van der Waals surface area contributed by atoms with Gasteiger partial charge in [-0.25, -0.2) is 0 Å². The molecular formula is C15H14F3N3. The number of halogens is 3. The minimum absolute atomic E-state index is 0.172. The number of fused-ring (bicyclic) bond motifs is 1. The van der Waals surface area contributed by atoms with Crippen LogP contribution in [0.2, 0.25) is 0 Å². The lowest BCUT2D eigenvalue weighted by molar-refractivity contribution is -0.141. The molecule has 1 N–H and O–H groups in total. The van der Waals surface area contributed by atoms with Crippen molar-refractivity contribution in [1.82, 2.24) is 10.2 Å². The van der Waals surface area contributed by atoms with Crippen LogP contribution in [0.5, 0.6) is 0 Å². The lowest BCUT2D eigenvalue weighted by atomic mass is 9.88. The molecule has 1 aliphatic rings. The van der Waals surface area contributed by atoms with Gasteiger partial charge in [-0.3, -0.25) is 0 Å². The number of benzene rings is 1. The highest BCUT2D eigenvalue weighted by Crippen LogP contribution is 2.28. The highest BCUT2D eigenvalue weighted by Gasteiger charge is 2.33. The molecule has 0 spiro atoms. The topological polar surface area (TPSA) is 37.8 Å². The van der Waals surface area contributed by atoms with E-state index in [4.69, 9.17) is 0 Å². The summed E-state index contributed by atoms with van der Waals surface area (Å²) in [7, 11) is 0. The number of hydrogen-bond donors (Lipinski definition) is 1. The Morgan fingerprint density at radius 3 is 2.43 bits per heavy atom. The third kappa shape index (κ3) is 3.15. The molecule has 1 aromatic heterocycles. The molecule has 21 heavy (non-hydrogen) atoms. The van der Waals surface area contributed by atoms with Crippen molar-refractivity contribution in [3.8, 4) is 0 Å². The quantitative estimate of drug-likeness (QED) is 0.921. The molecule has 0 aliphatic heterocycles. The molecule has 1 unspecified atom stereocenters. The van der Waals surface area contributed by atoms with Gasteiger partial charge < -0.3 is 5.32 Å². The summed E-state index contributed by atoms with van der Waals surface area (Å²) in [6.45, 7) is 0. The monoisotopic (exact) mass is 293 g/mol. The number of nitrogens with one attached hydrogen (secondary N) is 1. The molecule has 2 aromatic rings. The standard InChI is InChI=1S/C15H14F3N3/c16-15(17,18)13-7-8-14(21-20-13)19-12-6-5-10-3-1-2-4-11(10)9-12/h1-4,7-8,12H,5-6,9H2,(H,19,21). The second-order valence-corrected chi connectivity index (χ2v) is 5.15. The van der Waals surface area contributed by atoms with Crippen LogP contribution in [0.15, 0.2) is 36.4 Å². The van der Waals surface area contributed by atoms with E-state index in [2.05, 4.69) is 27.6 Å². The molecule has 0 saturated carbocycles. The fraction of sp³-hybridized carbons (Fsp3) is 0.333. The van der Waals surface area contributed by atoms with Gasteiger partial charge in [0.2, 0.25) is 0 Å². The maximum atomic E-state index is 12.4. The Morgan fingerprint density at radius 2 is 1.76 bits per heavy atom. The van der Waals surface area contributed by atoms with Gasteiger partial charge in [0.25, 0.3) is 0 Å². The molecule has 0 fully saturated rings. The van der Waals surface area contributed by atoms with Crippen molar-refractivity contribution in [2.45, 2.75) is 31.5 Å². The van der Waals surface area contributed by atoms with Crippen molar-refractivity contribution in [1.29, 1.82) is 0 Å². The average Bonchev–Trinajstić information content (AvgIpc) is 2.47. The molecule has 110 valence electrons. The van der Waals surface area contributed by atoms with Gasteiger partial charge in [-0.2, -0.15) is 13.2 Å². The number of aromatic nitrogens is 2. The molecule has 0 radical (unpaired) electrons. The van der Waals surface area contributed by atoms with E-state index >= 15 is 0 Å². The zero-order valence-electron chi connectivity index (χ0n) is 11.2. The van der Waals surface area contributed by atoms with Gasteiger partial charge in [0.15, 0.2) is 5.69 Å². The molecule has 1 aliphatic carbocycles. The van der Waals surface area contributed by atoms with E-state index in [1.807, 2.05) is 12.1 Å². The van der Waals surface area contributed by atoms with E-state index in [-0.39, 0.29) is 6.04 Å². The summed E-state index contributed by atoms with van der Waals surface area (Å²) >= 11 is 0. The number of alkyl halides is 3. The van der Waals surface area contributed by atoms with Crippen molar-refractivity contribution in [2.24, 2.45) is 0 Å². The van der Waals surface area contributed by atoms with E-state index in [1.165, 1.54) is 17.2 Å². The SMILES string of the molecule is FC(F)(F)c1ccc(NC2CCc3ccccc3C2)nn1. The number of hydrogen-bond acceptors (Lipinski definition) is 3. The summed E-state index contributed by atoms with van der Waals surface area (Å²) in [5, 5.41) is 10.00. The van der Waals surface area contributed by atoms with E-state index < -0.39 is 11.9 Å². The van der Waals surface area contributed by atoms with Gasteiger partial charge in [-0.05, 0) is 42.5 Å². The Kier molecular flexibility index (Phi) is 3.53. The highest BCUT2D eigenvalue weighted by atomic mass is 19.4. The molecule has 1 heterocycles. The van der Waals surface area contributed by atoms with Gasteiger partial charge >= 0.3 is 6.18 Å². The maximum Gasteiger partial charge on any atom is 0.435 e. The molecule has 1 atom stereocenters. The molecular weight excluding hydrogens is 279 g/mol. The minimum atomic E-state index is -4.45. The first-order valence-electron chi connectivity index (χ1n) is 6.76. The van der Waals surface area contributed by atoms with Crippen LogP contribution in [0.4, 0.5) is 19.0 Å². The Bertz CT molecular complexity index is 623. The minimum Gasteiger partial charge on any atom is -0.366 e. The summed E-state index contributed by atoms with van der Waals surface area (Å²) < 4.78 is 37.3. The summed E-state index contributed by atoms with van der Waals surface area (Å²) in [6, 6.07) is 10.7. The fourth-order valence-corrected chi connectivity index (χ4v) is 2.59.